The minimum atomic E-state index is -3.58. The number of rotatable bonds is 9. The number of nitrogens with zero attached hydrogens (tertiary/aromatic N) is 1. The number of carbonyl (C=O) groups excluding carboxylic acids is 1. The van der Waals surface area contributed by atoms with Crippen molar-refractivity contribution in [1.29, 1.82) is 0 Å². The normalized spacial score (nSPS) is 12.4. The summed E-state index contributed by atoms with van der Waals surface area (Å²) in [4.78, 5) is 12.5. The molecule has 0 atom stereocenters. The number of carbonyl (C=O) groups is 1. The standard InChI is InChI=1S/C17H29N3O3S/c1-5-17(18,6-2)13-19-16(21)14-10-9-11-15(12-14)24(22,23)20(7-3)8-4/h9-12H,5-8,13,18H2,1-4H3,(H,19,21). The second-order valence-corrected chi connectivity index (χ2v) is 7.81. The van der Waals surface area contributed by atoms with Crippen molar-refractivity contribution in [1.82, 2.24) is 9.62 Å². The molecular formula is C17H29N3O3S. The second-order valence-electron chi connectivity index (χ2n) is 5.87. The molecule has 0 aromatic heterocycles. The molecule has 0 aliphatic rings. The molecule has 136 valence electrons. The molecule has 1 aromatic rings. The van der Waals surface area contributed by atoms with Crippen LogP contribution in [-0.4, -0.2) is 43.8 Å². The van der Waals surface area contributed by atoms with Crippen molar-refractivity contribution in [2.24, 2.45) is 5.73 Å². The third kappa shape index (κ3) is 4.78. The Labute approximate surface area is 145 Å². The average Bonchev–Trinajstić information content (AvgIpc) is 2.60. The molecule has 1 amide bonds. The lowest BCUT2D eigenvalue weighted by atomic mass is 9.94. The number of nitrogens with two attached hydrogens (primary N) is 1. The fourth-order valence-corrected chi connectivity index (χ4v) is 3.87. The van der Waals surface area contributed by atoms with E-state index in [0.29, 0.717) is 25.2 Å². The van der Waals surface area contributed by atoms with E-state index >= 15 is 0 Å². The molecule has 1 rings (SSSR count). The van der Waals surface area contributed by atoms with Gasteiger partial charge in [-0.15, -0.1) is 0 Å². The molecule has 0 saturated carbocycles. The molecule has 0 saturated heterocycles. The average molecular weight is 356 g/mol. The van der Waals surface area contributed by atoms with E-state index in [1.165, 1.54) is 16.4 Å². The molecule has 0 unspecified atom stereocenters. The Balaban J connectivity index is 2.98. The van der Waals surface area contributed by atoms with Gasteiger partial charge in [0.25, 0.3) is 5.91 Å². The molecule has 0 bridgehead atoms. The van der Waals surface area contributed by atoms with Crippen molar-refractivity contribution in [3.63, 3.8) is 0 Å². The summed E-state index contributed by atoms with van der Waals surface area (Å²) in [6.07, 6.45) is 1.50. The fraction of sp³-hybridized carbons (Fsp3) is 0.588. The van der Waals surface area contributed by atoms with Gasteiger partial charge < -0.3 is 11.1 Å². The zero-order valence-corrected chi connectivity index (χ0v) is 15.8. The van der Waals surface area contributed by atoms with Crippen LogP contribution in [0, 0.1) is 0 Å². The first kappa shape index (κ1) is 20.6. The van der Waals surface area contributed by atoms with Crippen molar-refractivity contribution in [3.05, 3.63) is 29.8 Å². The highest BCUT2D eigenvalue weighted by atomic mass is 32.2. The van der Waals surface area contributed by atoms with Crippen LogP contribution in [0.15, 0.2) is 29.2 Å². The Morgan fingerprint density at radius 1 is 1.17 bits per heavy atom. The molecular weight excluding hydrogens is 326 g/mol. The van der Waals surface area contributed by atoms with Gasteiger partial charge in [-0.05, 0) is 31.0 Å². The summed E-state index contributed by atoms with van der Waals surface area (Å²) < 4.78 is 26.5. The maximum absolute atomic E-state index is 12.6. The summed E-state index contributed by atoms with van der Waals surface area (Å²) in [6.45, 7) is 8.66. The molecule has 6 nitrogen and oxygen atoms in total. The second kappa shape index (κ2) is 8.60. The number of amides is 1. The van der Waals surface area contributed by atoms with Gasteiger partial charge in [-0.1, -0.05) is 33.8 Å². The largest absolute Gasteiger partial charge is 0.350 e. The van der Waals surface area contributed by atoms with Crippen LogP contribution in [0.3, 0.4) is 0 Å². The van der Waals surface area contributed by atoms with Crippen LogP contribution in [0.4, 0.5) is 0 Å². The SMILES string of the molecule is CCN(CC)S(=O)(=O)c1cccc(C(=O)NCC(N)(CC)CC)c1. The zero-order valence-electron chi connectivity index (χ0n) is 15.0. The van der Waals surface area contributed by atoms with E-state index in [1.807, 2.05) is 13.8 Å². The van der Waals surface area contributed by atoms with Crippen LogP contribution in [0.5, 0.6) is 0 Å². The summed E-state index contributed by atoms with van der Waals surface area (Å²) in [5, 5.41) is 2.80. The molecule has 0 aliphatic carbocycles. The maximum atomic E-state index is 12.6. The van der Waals surface area contributed by atoms with Crippen LogP contribution < -0.4 is 11.1 Å². The van der Waals surface area contributed by atoms with Crippen molar-refractivity contribution >= 4 is 15.9 Å². The highest BCUT2D eigenvalue weighted by Gasteiger charge is 2.24. The van der Waals surface area contributed by atoms with Gasteiger partial charge in [-0.25, -0.2) is 8.42 Å². The van der Waals surface area contributed by atoms with Crippen LogP contribution in [-0.2, 0) is 10.0 Å². The van der Waals surface area contributed by atoms with Gasteiger partial charge in [0, 0.05) is 30.7 Å². The lowest BCUT2D eigenvalue weighted by molar-refractivity contribution is 0.0942. The topological polar surface area (TPSA) is 92.5 Å². The molecule has 7 heteroatoms. The van der Waals surface area contributed by atoms with Gasteiger partial charge in [0.1, 0.15) is 0 Å². The number of hydrogen-bond donors (Lipinski definition) is 2. The first-order valence-electron chi connectivity index (χ1n) is 8.41. The number of benzene rings is 1. The molecule has 24 heavy (non-hydrogen) atoms. The molecule has 0 radical (unpaired) electrons. The van der Waals surface area contributed by atoms with Gasteiger partial charge in [0.05, 0.1) is 4.90 Å². The summed E-state index contributed by atoms with van der Waals surface area (Å²) in [5.74, 6) is -0.316. The zero-order chi connectivity index (χ0) is 18.4. The lowest BCUT2D eigenvalue weighted by Crippen LogP contribution is -2.49. The molecule has 0 spiro atoms. The third-order valence-corrected chi connectivity index (χ3v) is 6.49. The predicted octanol–water partition coefficient (Wildman–Crippen LogP) is 1.96. The van der Waals surface area contributed by atoms with Crippen LogP contribution in [0.25, 0.3) is 0 Å². The van der Waals surface area contributed by atoms with Crippen molar-refractivity contribution < 1.29 is 13.2 Å². The number of nitrogens with one attached hydrogen (secondary N) is 1. The molecule has 1 aromatic carbocycles. The summed E-state index contributed by atoms with van der Waals surface area (Å²) in [7, 11) is -3.58. The minimum Gasteiger partial charge on any atom is -0.350 e. The van der Waals surface area contributed by atoms with Crippen LogP contribution in [0.1, 0.15) is 50.9 Å². The Bertz CT molecular complexity index is 651. The number of hydrogen-bond acceptors (Lipinski definition) is 4. The first-order valence-corrected chi connectivity index (χ1v) is 9.85. The van der Waals surface area contributed by atoms with Crippen LogP contribution in [0.2, 0.25) is 0 Å². The predicted molar refractivity (Wildman–Crippen MR) is 96.4 cm³/mol. The lowest BCUT2D eigenvalue weighted by Gasteiger charge is -2.26. The molecule has 0 aliphatic heterocycles. The Morgan fingerprint density at radius 3 is 2.25 bits per heavy atom. The summed E-state index contributed by atoms with van der Waals surface area (Å²) in [5.41, 5.74) is 6.05. The van der Waals surface area contributed by atoms with E-state index < -0.39 is 15.6 Å². The Kier molecular flexibility index (Phi) is 7.38. The van der Waals surface area contributed by atoms with Gasteiger partial charge in [-0.2, -0.15) is 4.31 Å². The smallest absolute Gasteiger partial charge is 0.251 e. The van der Waals surface area contributed by atoms with E-state index in [1.54, 1.807) is 26.0 Å². The van der Waals surface area contributed by atoms with Crippen molar-refractivity contribution in [2.75, 3.05) is 19.6 Å². The fourth-order valence-electron chi connectivity index (χ4n) is 2.37. The summed E-state index contributed by atoms with van der Waals surface area (Å²) in [6, 6.07) is 6.11. The van der Waals surface area contributed by atoms with E-state index in [9.17, 15) is 13.2 Å². The molecule has 0 heterocycles. The third-order valence-electron chi connectivity index (χ3n) is 4.45. The Hall–Kier alpha value is -1.44. The summed E-state index contributed by atoms with van der Waals surface area (Å²) >= 11 is 0. The monoisotopic (exact) mass is 355 g/mol. The first-order chi connectivity index (χ1) is 11.2. The van der Waals surface area contributed by atoms with E-state index in [2.05, 4.69) is 5.32 Å². The quantitative estimate of drug-likeness (QED) is 0.708. The van der Waals surface area contributed by atoms with Crippen LogP contribution >= 0.6 is 0 Å². The molecule has 3 N–H and O–H groups in total. The molecule has 0 fully saturated rings. The minimum absolute atomic E-state index is 0.129. The maximum Gasteiger partial charge on any atom is 0.251 e. The van der Waals surface area contributed by atoms with Gasteiger partial charge in [-0.3, -0.25) is 4.79 Å². The Morgan fingerprint density at radius 2 is 1.75 bits per heavy atom. The van der Waals surface area contributed by atoms with Gasteiger partial charge in [0.15, 0.2) is 0 Å². The van der Waals surface area contributed by atoms with Crippen molar-refractivity contribution in [3.8, 4) is 0 Å². The highest BCUT2D eigenvalue weighted by Crippen LogP contribution is 2.17. The highest BCUT2D eigenvalue weighted by molar-refractivity contribution is 7.89. The van der Waals surface area contributed by atoms with Crippen molar-refractivity contribution in [2.45, 2.75) is 51.0 Å². The van der Waals surface area contributed by atoms with Gasteiger partial charge >= 0.3 is 0 Å². The van der Waals surface area contributed by atoms with E-state index in [4.69, 9.17) is 5.73 Å². The number of sulfonamides is 1. The van der Waals surface area contributed by atoms with E-state index in [-0.39, 0.29) is 10.8 Å². The van der Waals surface area contributed by atoms with E-state index in [0.717, 1.165) is 12.8 Å². The van der Waals surface area contributed by atoms with Gasteiger partial charge in [0.2, 0.25) is 10.0 Å².